The SMILES string of the molecule is Cc1cc(C)c(C(N)c2ccc3ccccc3c2)c(C)c1. The third-order valence-corrected chi connectivity index (χ3v) is 4.18. The number of hydrogen-bond acceptors (Lipinski definition) is 1. The lowest BCUT2D eigenvalue weighted by atomic mass is 9.90. The summed E-state index contributed by atoms with van der Waals surface area (Å²) in [5.41, 5.74) is 12.8. The third kappa shape index (κ3) is 2.57. The number of nitrogens with two attached hydrogens (primary N) is 1. The molecule has 1 nitrogen and oxygen atoms in total. The van der Waals surface area contributed by atoms with E-state index in [9.17, 15) is 0 Å². The van der Waals surface area contributed by atoms with Gasteiger partial charge in [0.05, 0.1) is 6.04 Å². The Morgan fingerprint density at radius 3 is 2.05 bits per heavy atom. The van der Waals surface area contributed by atoms with E-state index in [1.54, 1.807) is 0 Å². The molecule has 3 rings (SSSR count). The molecule has 2 N–H and O–H groups in total. The lowest BCUT2D eigenvalue weighted by Crippen LogP contribution is -2.15. The molecule has 0 fully saturated rings. The van der Waals surface area contributed by atoms with Gasteiger partial charge in [-0.15, -0.1) is 0 Å². The highest BCUT2D eigenvalue weighted by Crippen LogP contribution is 2.28. The van der Waals surface area contributed by atoms with E-state index in [-0.39, 0.29) is 6.04 Å². The second kappa shape index (κ2) is 5.34. The standard InChI is InChI=1S/C20H21N/c1-13-10-14(2)19(15(3)11-13)20(21)18-9-8-16-6-4-5-7-17(16)12-18/h4-12,20H,21H2,1-3H3. The number of benzene rings is 3. The van der Waals surface area contributed by atoms with Crippen molar-refractivity contribution in [3.8, 4) is 0 Å². The zero-order chi connectivity index (χ0) is 15.0. The average molecular weight is 275 g/mol. The molecule has 0 heterocycles. The molecule has 0 bridgehead atoms. The Kier molecular flexibility index (Phi) is 3.52. The summed E-state index contributed by atoms with van der Waals surface area (Å²) in [7, 11) is 0. The predicted molar refractivity (Wildman–Crippen MR) is 90.6 cm³/mol. The predicted octanol–water partition coefficient (Wildman–Crippen LogP) is 4.81. The summed E-state index contributed by atoms with van der Waals surface area (Å²) < 4.78 is 0. The molecule has 0 aromatic heterocycles. The van der Waals surface area contributed by atoms with Crippen LogP contribution in [0, 0.1) is 20.8 Å². The molecule has 1 unspecified atom stereocenters. The van der Waals surface area contributed by atoms with E-state index < -0.39 is 0 Å². The molecule has 106 valence electrons. The van der Waals surface area contributed by atoms with Gasteiger partial charge in [0.15, 0.2) is 0 Å². The summed E-state index contributed by atoms with van der Waals surface area (Å²) >= 11 is 0. The summed E-state index contributed by atoms with van der Waals surface area (Å²) in [5, 5.41) is 2.50. The largest absolute Gasteiger partial charge is 0.320 e. The van der Waals surface area contributed by atoms with Crippen molar-refractivity contribution < 1.29 is 0 Å². The van der Waals surface area contributed by atoms with Crippen LogP contribution < -0.4 is 5.73 Å². The molecular formula is C20H21N. The van der Waals surface area contributed by atoms with Crippen molar-refractivity contribution in [2.75, 3.05) is 0 Å². The highest BCUT2D eigenvalue weighted by molar-refractivity contribution is 5.83. The maximum atomic E-state index is 6.56. The fourth-order valence-electron chi connectivity index (χ4n) is 3.25. The van der Waals surface area contributed by atoms with Crippen LogP contribution in [0.5, 0.6) is 0 Å². The zero-order valence-corrected chi connectivity index (χ0v) is 12.9. The maximum absolute atomic E-state index is 6.56. The lowest BCUT2D eigenvalue weighted by molar-refractivity contribution is 0.852. The first kappa shape index (κ1) is 13.8. The van der Waals surface area contributed by atoms with Gasteiger partial charge in [-0.05, 0) is 59.9 Å². The van der Waals surface area contributed by atoms with Crippen LogP contribution in [0.15, 0.2) is 54.6 Å². The topological polar surface area (TPSA) is 26.0 Å². The molecule has 0 radical (unpaired) electrons. The van der Waals surface area contributed by atoms with Gasteiger partial charge in [-0.25, -0.2) is 0 Å². The minimum Gasteiger partial charge on any atom is -0.320 e. The van der Waals surface area contributed by atoms with Crippen LogP contribution in [-0.4, -0.2) is 0 Å². The number of hydrogen-bond donors (Lipinski definition) is 1. The van der Waals surface area contributed by atoms with Crippen LogP contribution in [0.2, 0.25) is 0 Å². The minimum absolute atomic E-state index is 0.0739. The molecule has 3 aromatic carbocycles. The Morgan fingerprint density at radius 1 is 0.762 bits per heavy atom. The van der Waals surface area contributed by atoms with Gasteiger partial charge < -0.3 is 5.73 Å². The fourth-order valence-corrected chi connectivity index (χ4v) is 3.25. The summed E-state index contributed by atoms with van der Waals surface area (Å²) in [6.45, 7) is 6.43. The van der Waals surface area contributed by atoms with Crippen LogP contribution in [0.1, 0.15) is 33.9 Å². The van der Waals surface area contributed by atoms with Crippen LogP contribution in [0.25, 0.3) is 10.8 Å². The minimum atomic E-state index is -0.0739. The quantitative estimate of drug-likeness (QED) is 0.713. The highest BCUT2D eigenvalue weighted by Gasteiger charge is 2.14. The average Bonchev–Trinajstić information content (AvgIpc) is 2.45. The second-order valence-corrected chi connectivity index (χ2v) is 5.90. The molecular weight excluding hydrogens is 254 g/mol. The fraction of sp³-hybridized carbons (Fsp3) is 0.200. The molecule has 0 aliphatic carbocycles. The first-order valence-corrected chi connectivity index (χ1v) is 7.38. The van der Waals surface area contributed by atoms with Crippen LogP contribution in [0.3, 0.4) is 0 Å². The molecule has 3 aromatic rings. The molecule has 0 aliphatic heterocycles. The Morgan fingerprint density at radius 2 is 1.38 bits per heavy atom. The summed E-state index contributed by atoms with van der Waals surface area (Å²) in [4.78, 5) is 0. The van der Waals surface area contributed by atoms with E-state index in [0.29, 0.717) is 0 Å². The first-order valence-electron chi connectivity index (χ1n) is 7.38. The number of rotatable bonds is 2. The van der Waals surface area contributed by atoms with Crippen molar-refractivity contribution in [3.63, 3.8) is 0 Å². The normalized spacial score (nSPS) is 12.6. The summed E-state index contributed by atoms with van der Waals surface area (Å²) in [6, 6.07) is 19.3. The molecule has 1 atom stereocenters. The van der Waals surface area contributed by atoms with Gasteiger partial charge in [0.2, 0.25) is 0 Å². The van der Waals surface area contributed by atoms with Crippen molar-refractivity contribution in [2.24, 2.45) is 5.73 Å². The van der Waals surface area contributed by atoms with Gasteiger partial charge in [-0.2, -0.15) is 0 Å². The van der Waals surface area contributed by atoms with Crippen LogP contribution >= 0.6 is 0 Å². The van der Waals surface area contributed by atoms with Crippen LogP contribution in [0.4, 0.5) is 0 Å². The molecule has 0 spiro atoms. The van der Waals surface area contributed by atoms with E-state index in [1.807, 2.05) is 0 Å². The molecule has 0 aliphatic rings. The van der Waals surface area contributed by atoms with Crippen molar-refractivity contribution in [1.82, 2.24) is 0 Å². The van der Waals surface area contributed by atoms with Crippen molar-refractivity contribution in [1.29, 1.82) is 0 Å². The Labute approximate surface area is 126 Å². The van der Waals surface area contributed by atoms with Gasteiger partial charge >= 0.3 is 0 Å². The van der Waals surface area contributed by atoms with E-state index in [4.69, 9.17) is 5.73 Å². The van der Waals surface area contributed by atoms with Gasteiger partial charge in [-0.3, -0.25) is 0 Å². The van der Waals surface area contributed by atoms with Gasteiger partial charge in [0.25, 0.3) is 0 Å². The van der Waals surface area contributed by atoms with Gasteiger partial charge in [0.1, 0.15) is 0 Å². The van der Waals surface area contributed by atoms with Crippen molar-refractivity contribution >= 4 is 10.8 Å². The maximum Gasteiger partial charge on any atom is 0.0557 e. The molecule has 1 heteroatoms. The monoisotopic (exact) mass is 275 g/mol. The third-order valence-electron chi connectivity index (χ3n) is 4.18. The van der Waals surface area contributed by atoms with Crippen molar-refractivity contribution in [3.05, 3.63) is 82.4 Å². The smallest absolute Gasteiger partial charge is 0.0557 e. The van der Waals surface area contributed by atoms with E-state index in [0.717, 1.165) is 0 Å². The lowest BCUT2D eigenvalue weighted by Gasteiger charge is -2.19. The Balaban J connectivity index is 2.10. The second-order valence-electron chi connectivity index (χ2n) is 5.90. The summed E-state index contributed by atoms with van der Waals surface area (Å²) in [6.07, 6.45) is 0. The molecule has 0 amide bonds. The highest BCUT2D eigenvalue weighted by atomic mass is 14.6. The summed E-state index contributed by atoms with van der Waals surface area (Å²) in [5.74, 6) is 0. The zero-order valence-electron chi connectivity index (χ0n) is 12.9. The van der Waals surface area contributed by atoms with Crippen molar-refractivity contribution in [2.45, 2.75) is 26.8 Å². The number of fused-ring (bicyclic) bond motifs is 1. The van der Waals surface area contributed by atoms with E-state index in [1.165, 1.54) is 38.6 Å². The Bertz CT molecular complexity index is 779. The molecule has 0 saturated heterocycles. The first-order chi connectivity index (χ1) is 10.1. The molecule has 21 heavy (non-hydrogen) atoms. The van der Waals surface area contributed by atoms with Gasteiger partial charge in [-0.1, -0.05) is 54.1 Å². The van der Waals surface area contributed by atoms with Gasteiger partial charge in [0, 0.05) is 0 Å². The van der Waals surface area contributed by atoms with Crippen LogP contribution in [-0.2, 0) is 0 Å². The number of aryl methyl sites for hydroxylation is 3. The molecule has 0 saturated carbocycles. The van der Waals surface area contributed by atoms with E-state index in [2.05, 4.69) is 75.4 Å². The Hall–Kier alpha value is -2.12. The van der Waals surface area contributed by atoms with E-state index >= 15 is 0 Å².